The Morgan fingerprint density at radius 3 is 2.82 bits per heavy atom. The minimum atomic E-state index is 0.550. The molecular formula is C16H21ClN4O. The third kappa shape index (κ3) is 5.07. The molecule has 0 amide bonds. The third-order valence-corrected chi connectivity index (χ3v) is 3.29. The van der Waals surface area contributed by atoms with Gasteiger partial charge < -0.3 is 15.2 Å². The highest BCUT2D eigenvalue weighted by atomic mass is 35.5. The van der Waals surface area contributed by atoms with Crippen LogP contribution in [0.25, 0.3) is 0 Å². The second-order valence-electron chi connectivity index (χ2n) is 4.82. The van der Waals surface area contributed by atoms with Gasteiger partial charge in [-0.1, -0.05) is 35.8 Å². The molecule has 0 bridgehead atoms. The smallest absolute Gasteiger partial charge is 0.191 e. The number of halogens is 1. The van der Waals surface area contributed by atoms with Crippen LogP contribution in [0.1, 0.15) is 30.9 Å². The van der Waals surface area contributed by atoms with Crippen LogP contribution in [-0.2, 0) is 19.5 Å². The van der Waals surface area contributed by atoms with Crippen LogP contribution in [0.4, 0.5) is 0 Å². The average molecular weight is 321 g/mol. The Morgan fingerprint density at radius 2 is 2.14 bits per heavy atom. The highest BCUT2D eigenvalue weighted by Crippen LogP contribution is 2.11. The van der Waals surface area contributed by atoms with Gasteiger partial charge in [-0.3, -0.25) is 0 Å². The Hall–Kier alpha value is -2.01. The first-order valence-electron chi connectivity index (χ1n) is 7.42. The van der Waals surface area contributed by atoms with Crippen molar-refractivity contribution >= 4 is 17.6 Å². The SMILES string of the molecule is CCNC(=NCc1cccc(Cl)c1)NCc1cc(CC)no1. The molecular weight excluding hydrogens is 300 g/mol. The van der Waals surface area contributed by atoms with Crippen LogP contribution in [0.5, 0.6) is 0 Å². The third-order valence-electron chi connectivity index (χ3n) is 3.05. The van der Waals surface area contributed by atoms with Crippen LogP contribution in [0, 0.1) is 0 Å². The van der Waals surface area contributed by atoms with E-state index in [1.165, 1.54) is 0 Å². The first kappa shape index (κ1) is 16.4. The van der Waals surface area contributed by atoms with E-state index in [0.29, 0.717) is 13.1 Å². The summed E-state index contributed by atoms with van der Waals surface area (Å²) in [5, 5.41) is 11.1. The van der Waals surface area contributed by atoms with Gasteiger partial charge in [0.1, 0.15) is 0 Å². The minimum absolute atomic E-state index is 0.550. The van der Waals surface area contributed by atoms with Crippen LogP contribution in [0.3, 0.4) is 0 Å². The van der Waals surface area contributed by atoms with E-state index in [4.69, 9.17) is 16.1 Å². The molecule has 2 rings (SSSR count). The van der Waals surface area contributed by atoms with E-state index in [-0.39, 0.29) is 0 Å². The van der Waals surface area contributed by atoms with Crippen molar-refractivity contribution in [3.8, 4) is 0 Å². The number of guanidine groups is 1. The average Bonchev–Trinajstić information content (AvgIpc) is 2.98. The van der Waals surface area contributed by atoms with E-state index < -0.39 is 0 Å². The van der Waals surface area contributed by atoms with Crippen LogP contribution in [0.15, 0.2) is 39.8 Å². The fourth-order valence-corrected chi connectivity index (χ4v) is 2.14. The number of aromatic nitrogens is 1. The van der Waals surface area contributed by atoms with Crippen molar-refractivity contribution in [3.05, 3.63) is 52.4 Å². The molecule has 0 radical (unpaired) electrons. The number of aliphatic imine (C=N–C) groups is 1. The highest BCUT2D eigenvalue weighted by molar-refractivity contribution is 6.30. The van der Waals surface area contributed by atoms with E-state index in [1.807, 2.05) is 44.2 Å². The number of hydrogen-bond acceptors (Lipinski definition) is 3. The predicted molar refractivity (Wildman–Crippen MR) is 89.0 cm³/mol. The summed E-state index contributed by atoms with van der Waals surface area (Å²) in [6, 6.07) is 9.65. The molecule has 1 aromatic heterocycles. The lowest BCUT2D eigenvalue weighted by Crippen LogP contribution is -2.36. The van der Waals surface area contributed by atoms with Crippen molar-refractivity contribution in [2.75, 3.05) is 6.54 Å². The van der Waals surface area contributed by atoms with E-state index in [2.05, 4.69) is 20.8 Å². The minimum Gasteiger partial charge on any atom is -0.359 e. The molecule has 0 aliphatic rings. The second kappa shape index (κ2) is 8.44. The van der Waals surface area contributed by atoms with E-state index in [1.54, 1.807) is 0 Å². The van der Waals surface area contributed by atoms with E-state index in [9.17, 15) is 0 Å². The van der Waals surface area contributed by atoms with Gasteiger partial charge in [-0.15, -0.1) is 0 Å². The molecule has 22 heavy (non-hydrogen) atoms. The van der Waals surface area contributed by atoms with Crippen molar-refractivity contribution in [1.82, 2.24) is 15.8 Å². The van der Waals surface area contributed by atoms with Crippen molar-refractivity contribution in [2.45, 2.75) is 33.4 Å². The van der Waals surface area contributed by atoms with Crippen LogP contribution < -0.4 is 10.6 Å². The van der Waals surface area contributed by atoms with Gasteiger partial charge in [0.05, 0.1) is 18.8 Å². The molecule has 0 aliphatic heterocycles. The van der Waals surface area contributed by atoms with Gasteiger partial charge in [0.2, 0.25) is 0 Å². The largest absolute Gasteiger partial charge is 0.359 e. The number of nitrogens with zero attached hydrogens (tertiary/aromatic N) is 2. The molecule has 0 aliphatic carbocycles. The van der Waals surface area contributed by atoms with Gasteiger partial charge in [-0.25, -0.2) is 4.99 Å². The summed E-state index contributed by atoms with van der Waals surface area (Å²) in [4.78, 5) is 4.54. The van der Waals surface area contributed by atoms with Gasteiger partial charge >= 0.3 is 0 Å². The number of rotatable bonds is 6. The molecule has 0 unspecified atom stereocenters. The van der Waals surface area contributed by atoms with E-state index >= 15 is 0 Å². The van der Waals surface area contributed by atoms with Gasteiger partial charge in [-0.2, -0.15) is 0 Å². The maximum atomic E-state index is 5.98. The van der Waals surface area contributed by atoms with Gasteiger partial charge in [0.25, 0.3) is 0 Å². The van der Waals surface area contributed by atoms with E-state index in [0.717, 1.165) is 41.0 Å². The quantitative estimate of drug-likeness (QED) is 0.634. The van der Waals surface area contributed by atoms with Crippen LogP contribution in [0.2, 0.25) is 5.02 Å². The molecule has 2 N–H and O–H groups in total. The summed E-state index contributed by atoms with van der Waals surface area (Å²) in [6.07, 6.45) is 0.867. The Morgan fingerprint density at radius 1 is 1.27 bits per heavy atom. The molecule has 0 saturated heterocycles. The fourth-order valence-electron chi connectivity index (χ4n) is 1.92. The Balaban J connectivity index is 1.94. The lowest BCUT2D eigenvalue weighted by atomic mass is 10.2. The monoisotopic (exact) mass is 320 g/mol. The summed E-state index contributed by atoms with van der Waals surface area (Å²) in [7, 11) is 0. The fraction of sp³-hybridized carbons (Fsp3) is 0.375. The summed E-state index contributed by atoms with van der Waals surface area (Å²) in [6.45, 7) is 5.98. The second-order valence-corrected chi connectivity index (χ2v) is 5.25. The summed E-state index contributed by atoms with van der Waals surface area (Å²) in [5.41, 5.74) is 2.02. The molecule has 0 atom stereocenters. The molecule has 1 heterocycles. The number of aryl methyl sites for hydroxylation is 1. The molecule has 118 valence electrons. The standard InChI is InChI=1S/C16H21ClN4O/c1-3-14-9-15(22-21-14)11-20-16(18-4-2)19-10-12-6-5-7-13(17)8-12/h5-9H,3-4,10-11H2,1-2H3,(H2,18,19,20). The molecule has 5 nitrogen and oxygen atoms in total. The first-order valence-corrected chi connectivity index (χ1v) is 7.80. The lowest BCUT2D eigenvalue weighted by Gasteiger charge is -2.09. The van der Waals surface area contributed by atoms with Gasteiger partial charge in [0, 0.05) is 17.6 Å². The molecule has 1 aromatic carbocycles. The zero-order chi connectivity index (χ0) is 15.8. The van der Waals surface area contributed by atoms with Gasteiger partial charge in [-0.05, 0) is 31.0 Å². The summed E-state index contributed by atoms with van der Waals surface area (Å²) in [5.74, 6) is 1.53. The maximum absolute atomic E-state index is 5.98. The maximum Gasteiger partial charge on any atom is 0.191 e. The zero-order valence-electron chi connectivity index (χ0n) is 12.9. The predicted octanol–water partition coefficient (Wildman–Crippen LogP) is 3.15. The summed E-state index contributed by atoms with van der Waals surface area (Å²) < 4.78 is 5.25. The molecule has 0 saturated carbocycles. The zero-order valence-corrected chi connectivity index (χ0v) is 13.7. The van der Waals surface area contributed by atoms with Crippen LogP contribution >= 0.6 is 11.6 Å². The lowest BCUT2D eigenvalue weighted by molar-refractivity contribution is 0.374. The van der Waals surface area contributed by atoms with Crippen molar-refractivity contribution in [3.63, 3.8) is 0 Å². The molecule has 0 fully saturated rings. The van der Waals surface area contributed by atoms with Crippen molar-refractivity contribution in [2.24, 2.45) is 4.99 Å². The van der Waals surface area contributed by atoms with Gasteiger partial charge in [0.15, 0.2) is 11.7 Å². The Kier molecular flexibility index (Phi) is 6.27. The number of hydrogen-bond donors (Lipinski definition) is 2. The number of benzene rings is 1. The van der Waals surface area contributed by atoms with Crippen molar-refractivity contribution < 1.29 is 4.52 Å². The Bertz CT molecular complexity index is 624. The topological polar surface area (TPSA) is 62.5 Å². The first-order chi connectivity index (χ1) is 10.7. The normalized spacial score (nSPS) is 11.5. The number of nitrogens with one attached hydrogen (secondary N) is 2. The van der Waals surface area contributed by atoms with Crippen LogP contribution in [-0.4, -0.2) is 17.7 Å². The summed E-state index contributed by atoms with van der Waals surface area (Å²) >= 11 is 5.98. The Labute approximate surface area is 135 Å². The molecule has 2 aromatic rings. The highest BCUT2D eigenvalue weighted by Gasteiger charge is 2.04. The van der Waals surface area contributed by atoms with Crippen molar-refractivity contribution in [1.29, 1.82) is 0 Å². The molecule has 6 heteroatoms. The molecule has 0 spiro atoms.